The number of hydrogen-bond donors (Lipinski definition) is 1. The molecule has 3 rings (SSSR count). The van der Waals surface area contributed by atoms with Crippen LogP contribution in [0.5, 0.6) is 0 Å². The fraction of sp³-hybridized carbons (Fsp3) is 0.538. The van der Waals surface area contributed by atoms with Gasteiger partial charge in [-0.1, -0.05) is 0 Å². The van der Waals surface area contributed by atoms with E-state index in [1.54, 1.807) is 10.9 Å². The van der Waals surface area contributed by atoms with E-state index in [1.807, 2.05) is 18.1 Å². The molecule has 1 atom stereocenters. The molecule has 7 heteroatoms. The Kier molecular flexibility index (Phi) is 3.49. The SMILES string of the molecule is Cn1cc(CC(=O)N2CCCCC2c2ncn[nH]2)cn1. The molecule has 20 heavy (non-hydrogen) atoms. The number of aryl methyl sites for hydroxylation is 1. The van der Waals surface area contributed by atoms with Gasteiger partial charge in [0, 0.05) is 19.8 Å². The zero-order chi connectivity index (χ0) is 13.9. The number of H-pyrrole nitrogens is 1. The van der Waals surface area contributed by atoms with Crippen LogP contribution in [-0.4, -0.2) is 42.3 Å². The minimum Gasteiger partial charge on any atom is -0.332 e. The predicted octanol–water partition coefficient (Wildman–Crippen LogP) is 0.834. The van der Waals surface area contributed by atoms with Gasteiger partial charge in [0.25, 0.3) is 0 Å². The molecule has 1 fully saturated rings. The van der Waals surface area contributed by atoms with Gasteiger partial charge in [-0.25, -0.2) is 4.98 Å². The quantitative estimate of drug-likeness (QED) is 0.899. The largest absolute Gasteiger partial charge is 0.332 e. The highest BCUT2D eigenvalue weighted by molar-refractivity contribution is 5.79. The van der Waals surface area contributed by atoms with E-state index < -0.39 is 0 Å². The molecule has 0 radical (unpaired) electrons. The lowest BCUT2D eigenvalue weighted by Crippen LogP contribution is -2.39. The average molecular weight is 274 g/mol. The Morgan fingerprint density at radius 1 is 1.50 bits per heavy atom. The fourth-order valence-corrected chi connectivity index (χ4v) is 2.73. The first kappa shape index (κ1) is 12.8. The van der Waals surface area contributed by atoms with E-state index in [0.29, 0.717) is 6.42 Å². The molecule has 2 aromatic heterocycles. The molecule has 0 aliphatic carbocycles. The van der Waals surface area contributed by atoms with Gasteiger partial charge in [0.2, 0.25) is 5.91 Å². The minimum absolute atomic E-state index is 0.0235. The normalized spacial score (nSPS) is 19.2. The molecule has 7 nitrogen and oxygen atoms in total. The first-order chi connectivity index (χ1) is 9.74. The lowest BCUT2D eigenvalue weighted by atomic mass is 10.0. The number of aromatic nitrogens is 5. The van der Waals surface area contributed by atoms with Gasteiger partial charge in [-0.3, -0.25) is 14.6 Å². The van der Waals surface area contributed by atoms with Crippen molar-refractivity contribution in [3.8, 4) is 0 Å². The van der Waals surface area contributed by atoms with Crippen molar-refractivity contribution in [1.29, 1.82) is 0 Å². The maximum atomic E-state index is 12.5. The molecule has 106 valence electrons. The monoisotopic (exact) mass is 274 g/mol. The molecule has 1 saturated heterocycles. The summed E-state index contributed by atoms with van der Waals surface area (Å²) in [4.78, 5) is 18.6. The summed E-state index contributed by atoms with van der Waals surface area (Å²) in [7, 11) is 1.85. The minimum atomic E-state index is 0.0235. The van der Waals surface area contributed by atoms with Crippen LogP contribution in [0.15, 0.2) is 18.7 Å². The molecule has 0 aromatic carbocycles. The van der Waals surface area contributed by atoms with Gasteiger partial charge in [-0.2, -0.15) is 10.2 Å². The van der Waals surface area contributed by atoms with Gasteiger partial charge < -0.3 is 4.90 Å². The number of carbonyl (C=O) groups is 1. The second-order valence-corrected chi connectivity index (χ2v) is 5.17. The number of aromatic amines is 1. The van der Waals surface area contributed by atoms with E-state index in [9.17, 15) is 4.79 Å². The molecule has 1 amide bonds. The van der Waals surface area contributed by atoms with Crippen LogP contribution < -0.4 is 0 Å². The van der Waals surface area contributed by atoms with Gasteiger partial charge in [-0.15, -0.1) is 0 Å². The lowest BCUT2D eigenvalue weighted by molar-refractivity contribution is -0.134. The van der Waals surface area contributed by atoms with Crippen LogP contribution in [0.4, 0.5) is 0 Å². The number of hydrogen-bond acceptors (Lipinski definition) is 4. The molecule has 3 heterocycles. The molecule has 1 aliphatic heterocycles. The van der Waals surface area contributed by atoms with E-state index in [0.717, 1.165) is 37.2 Å². The topological polar surface area (TPSA) is 79.7 Å². The third-order valence-electron chi connectivity index (χ3n) is 3.69. The van der Waals surface area contributed by atoms with Gasteiger partial charge >= 0.3 is 0 Å². The molecule has 0 bridgehead atoms. The zero-order valence-corrected chi connectivity index (χ0v) is 11.5. The summed E-state index contributed by atoms with van der Waals surface area (Å²) in [5.74, 6) is 0.906. The third kappa shape index (κ3) is 2.56. The number of nitrogens with one attached hydrogen (secondary N) is 1. The fourth-order valence-electron chi connectivity index (χ4n) is 2.73. The van der Waals surface area contributed by atoms with Crippen LogP contribution in [0.1, 0.15) is 36.7 Å². The number of likely N-dealkylation sites (tertiary alicyclic amines) is 1. The first-order valence-electron chi connectivity index (χ1n) is 6.86. The second kappa shape index (κ2) is 5.44. The second-order valence-electron chi connectivity index (χ2n) is 5.17. The first-order valence-corrected chi connectivity index (χ1v) is 6.86. The molecular weight excluding hydrogens is 256 g/mol. The van der Waals surface area contributed by atoms with Gasteiger partial charge in [0.1, 0.15) is 12.2 Å². The summed E-state index contributed by atoms with van der Waals surface area (Å²) in [6, 6.07) is 0.0235. The molecular formula is C13H18N6O. The van der Waals surface area contributed by atoms with E-state index in [4.69, 9.17) is 0 Å². The zero-order valence-electron chi connectivity index (χ0n) is 11.5. The molecule has 1 aliphatic rings. The molecule has 2 aromatic rings. The molecule has 1 N–H and O–H groups in total. The Hall–Kier alpha value is -2.18. The maximum Gasteiger partial charge on any atom is 0.227 e. The Morgan fingerprint density at radius 2 is 2.40 bits per heavy atom. The highest BCUT2D eigenvalue weighted by Crippen LogP contribution is 2.28. The predicted molar refractivity (Wildman–Crippen MR) is 71.6 cm³/mol. The summed E-state index contributed by atoms with van der Waals surface area (Å²) >= 11 is 0. The highest BCUT2D eigenvalue weighted by atomic mass is 16.2. The third-order valence-corrected chi connectivity index (χ3v) is 3.69. The van der Waals surface area contributed by atoms with Crippen LogP contribution in [0.3, 0.4) is 0 Å². The van der Waals surface area contributed by atoms with Crippen molar-refractivity contribution >= 4 is 5.91 Å². The molecule has 0 spiro atoms. The van der Waals surface area contributed by atoms with Crippen LogP contribution in [0.2, 0.25) is 0 Å². The van der Waals surface area contributed by atoms with Crippen molar-refractivity contribution in [2.24, 2.45) is 7.05 Å². The maximum absolute atomic E-state index is 12.5. The van der Waals surface area contributed by atoms with Crippen LogP contribution in [0.25, 0.3) is 0 Å². The summed E-state index contributed by atoms with van der Waals surface area (Å²) in [5, 5.41) is 10.9. The van der Waals surface area contributed by atoms with Crippen molar-refractivity contribution < 1.29 is 4.79 Å². The summed E-state index contributed by atoms with van der Waals surface area (Å²) < 4.78 is 1.72. The Morgan fingerprint density at radius 3 is 3.10 bits per heavy atom. The van der Waals surface area contributed by atoms with Crippen LogP contribution >= 0.6 is 0 Å². The summed E-state index contributed by atoms with van der Waals surface area (Å²) in [6.07, 6.45) is 8.60. The van der Waals surface area contributed by atoms with Gasteiger partial charge in [0.05, 0.1) is 18.7 Å². The van der Waals surface area contributed by atoms with Crippen molar-refractivity contribution in [2.75, 3.05) is 6.54 Å². The number of amides is 1. The van der Waals surface area contributed by atoms with Crippen molar-refractivity contribution in [1.82, 2.24) is 29.9 Å². The van der Waals surface area contributed by atoms with E-state index in [1.165, 1.54) is 6.33 Å². The van der Waals surface area contributed by atoms with Crippen molar-refractivity contribution in [3.05, 3.63) is 30.1 Å². The van der Waals surface area contributed by atoms with E-state index >= 15 is 0 Å². The smallest absolute Gasteiger partial charge is 0.227 e. The Bertz CT molecular complexity index is 575. The Labute approximate surface area is 117 Å². The summed E-state index contributed by atoms with van der Waals surface area (Å²) in [5.41, 5.74) is 0.944. The Balaban J connectivity index is 1.74. The molecule has 0 saturated carbocycles. The van der Waals surface area contributed by atoms with E-state index in [-0.39, 0.29) is 11.9 Å². The molecule has 1 unspecified atom stereocenters. The average Bonchev–Trinajstić information content (AvgIpc) is 3.10. The number of piperidine rings is 1. The van der Waals surface area contributed by atoms with Gasteiger partial charge in [-0.05, 0) is 24.8 Å². The highest BCUT2D eigenvalue weighted by Gasteiger charge is 2.29. The van der Waals surface area contributed by atoms with Crippen LogP contribution in [0, 0.1) is 0 Å². The van der Waals surface area contributed by atoms with Gasteiger partial charge in [0.15, 0.2) is 0 Å². The van der Waals surface area contributed by atoms with Crippen molar-refractivity contribution in [2.45, 2.75) is 31.7 Å². The number of nitrogens with zero attached hydrogens (tertiary/aromatic N) is 5. The lowest BCUT2D eigenvalue weighted by Gasteiger charge is -2.34. The van der Waals surface area contributed by atoms with Crippen molar-refractivity contribution in [3.63, 3.8) is 0 Å². The number of carbonyl (C=O) groups excluding carboxylic acids is 1. The number of rotatable bonds is 3. The summed E-state index contributed by atoms with van der Waals surface area (Å²) in [6.45, 7) is 0.782. The standard InChI is InChI=1S/C13H18N6O/c1-18-8-10(7-16-18)6-12(20)19-5-3-2-4-11(19)13-14-9-15-17-13/h7-9,11H,2-6H2,1H3,(H,14,15,17). The van der Waals surface area contributed by atoms with E-state index in [2.05, 4.69) is 20.3 Å². The van der Waals surface area contributed by atoms with Crippen LogP contribution in [-0.2, 0) is 18.3 Å².